The predicted octanol–water partition coefficient (Wildman–Crippen LogP) is 5.00. The SMILES string of the molecule is Cc1ccc2c(SCC(=O)NCCC(C)C)nc(-c3ccc(F)cc3)nc2c1. The number of halogens is 1. The summed E-state index contributed by atoms with van der Waals surface area (Å²) in [7, 11) is 0. The second-order valence-corrected chi connectivity index (χ2v) is 8.17. The first-order chi connectivity index (χ1) is 13.4. The number of nitrogens with zero attached hydrogens (tertiary/aromatic N) is 2. The Morgan fingerprint density at radius 3 is 2.61 bits per heavy atom. The molecule has 3 aromatic rings. The van der Waals surface area contributed by atoms with Gasteiger partial charge in [-0.05, 0) is 61.2 Å². The number of carbonyl (C=O) groups excluding carboxylic acids is 1. The van der Waals surface area contributed by atoms with Crippen LogP contribution in [0.5, 0.6) is 0 Å². The number of nitrogens with one attached hydrogen (secondary N) is 1. The van der Waals surface area contributed by atoms with Gasteiger partial charge >= 0.3 is 0 Å². The van der Waals surface area contributed by atoms with Crippen LogP contribution in [-0.2, 0) is 4.79 Å². The molecule has 2 aromatic carbocycles. The van der Waals surface area contributed by atoms with Gasteiger partial charge in [-0.25, -0.2) is 14.4 Å². The van der Waals surface area contributed by atoms with Crippen molar-refractivity contribution in [2.75, 3.05) is 12.3 Å². The van der Waals surface area contributed by atoms with Crippen molar-refractivity contribution in [3.63, 3.8) is 0 Å². The lowest BCUT2D eigenvalue weighted by atomic mass is 10.1. The minimum atomic E-state index is -0.298. The van der Waals surface area contributed by atoms with Crippen LogP contribution in [0.3, 0.4) is 0 Å². The molecular weight excluding hydrogens is 373 g/mol. The van der Waals surface area contributed by atoms with Crippen LogP contribution in [0.15, 0.2) is 47.5 Å². The minimum Gasteiger partial charge on any atom is -0.355 e. The highest BCUT2D eigenvalue weighted by Gasteiger charge is 2.12. The molecule has 0 atom stereocenters. The molecule has 4 nitrogen and oxygen atoms in total. The van der Waals surface area contributed by atoms with Crippen LogP contribution in [0.1, 0.15) is 25.8 Å². The van der Waals surface area contributed by atoms with Crippen molar-refractivity contribution >= 4 is 28.6 Å². The number of thioether (sulfide) groups is 1. The molecule has 3 rings (SSSR count). The topological polar surface area (TPSA) is 54.9 Å². The summed E-state index contributed by atoms with van der Waals surface area (Å²) < 4.78 is 13.3. The van der Waals surface area contributed by atoms with Gasteiger partial charge in [0, 0.05) is 17.5 Å². The fraction of sp³-hybridized carbons (Fsp3) is 0.318. The number of fused-ring (bicyclic) bond motifs is 1. The van der Waals surface area contributed by atoms with Crippen LogP contribution in [0, 0.1) is 18.7 Å². The first-order valence-corrected chi connectivity index (χ1v) is 10.3. The number of rotatable bonds is 7. The van der Waals surface area contributed by atoms with E-state index in [1.54, 1.807) is 12.1 Å². The Bertz CT molecular complexity index is 973. The van der Waals surface area contributed by atoms with E-state index in [2.05, 4.69) is 29.1 Å². The molecule has 1 aromatic heterocycles. The molecule has 0 saturated heterocycles. The molecule has 6 heteroatoms. The Kier molecular flexibility index (Phi) is 6.62. The van der Waals surface area contributed by atoms with Crippen LogP contribution in [0.2, 0.25) is 0 Å². The first-order valence-electron chi connectivity index (χ1n) is 9.36. The van der Waals surface area contributed by atoms with Crippen molar-refractivity contribution in [2.24, 2.45) is 5.92 Å². The molecule has 0 bridgehead atoms. The molecule has 0 aliphatic carbocycles. The van der Waals surface area contributed by atoms with Crippen molar-refractivity contribution < 1.29 is 9.18 Å². The predicted molar refractivity (Wildman–Crippen MR) is 113 cm³/mol. The van der Waals surface area contributed by atoms with Crippen LogP contribution in [0.25, 0.3) is 22.3 Å². The highest BCUT2D eigenvalue weighted by molar-refractivity contribution is 8.00. The standard InChI is InChI=1S/C22H24FN3OS/c1-14(2)10-11-24-20(27)13-28-22-18-9-4-15(3)12-19(18)25-21(26-22)16-5-7-17(23)8-6-16/h4-9,12,14H,10-11,13H2,1-3H3,(H,24,27). The zero-order valence-corrected chi connectivity index (χ0v) is 17.1. The molecule has 1 heterocycles. The third-order valence-electron chi connectivity index (χ3n) is 4.30. The Morgan fingerprint density at radius 2 is 1.89 bits per heavy atom. The minimum absolute atomic E-state index is 0.00661. The second kappa shape index (κ2) is 9.15. The largest absolute Gasteiger partial charge is 0.355 e. The fourth-order valence-corrected chi connectivity index (χ4v) is 3.58. The van der Waals surface area contributed by atoms with Gasteiger partial charge in [-0.2, -0.15) is 0 Å². The lowest BCUT2D eigenvalue weighted by Gasteiger charge is -2.10. The average molecular weight is 398 g/mol. The van der Waals surface area contributed by atoms with E-state index in [1.807, 2.05) is 25.1 Å². The Labute approximate surface area is 169 Å². The van der Waals surface area contributed by atoms with Gasteiger partial charge < -0.3 is 5.32 Å². The molecule has 0 aliphatic heterocycles. The van der Waals surface area contributed by atoms with Gasteiger partial charge in [0.2, 0.25) is 5.91 Å². The van der Waals surface area contributed by atoms with E-state index in [-0.39, 0.29) is 11.7 Å². The van der Waals surface area contributed by atoms with Gasteiger partial charge in [-0.1, -0.05) is 31.7 Å². The Morgan fingerprint density at radius 1 is 1.14 bits per heavy atom. The highest BCUT2D eigenvalue weighted by atomic mass is 32.2. The van der Waals surface area contributed by atoms with Gasteiger partial charge in [-0.3, -0.25) is 4.79 Å². The van der Waals surface area contributed by atoms with Crippen molar-refractivity contribution in [2.45, 2.75) is 32.2 Å². The smallest absolute Gasteiger partial charge is 0.230 e. The summed E-state index contributed by atoms with van der Waals surface area (Å²) in [4.78, 5) is 21.5. The summed E-state index contributed by atoms with van der Waals surface area (Å²) in [6.07, 6.45) is 0.959. The van der Waals surface area contributed by atoms with Gasteiger partial charge in [-0.15, -0.1) is 0 Å². The Hall–Kier alpha value is -2.47. The zero-order valence-electron chi connectivity index (χ0n) is 16.3. The average Bonchev–Trinajstić information content (AvgIpc) is 2.65. The maximum Gasteiger partial charge on any atom is 0.230 e. The molecular formula is C22H24FN3OS. The summed E-state index contributed by atoms with van der Waals surface area (Å²) in [5, 5.41) is 4.62. The third kappa shape index (κ3) is 5.29. The summed E-state index contributed by atoms with van der Waals surface area (Å²) in [6, 6.07) is 12.1. The van der Waals surface area contributed by atoms with Gasteiger partial charge in [0.05, 0.1) is 11.3 Å². The monoisotopic (exact) mass is 397 g/mol. The number of aromatic nitrogens is 2. The second-order valence-electron chi connectivity index (χ2n) is 7.20. The maximum absolute atomic E-state index is 13.3. The molecule has 0 unspecified atom stereocenters. The molecule has 146 valence electrons. The maximum atomic E-state index is 13.3. The van der Waals surface area contributed by atoms with Crippen LogP contribution >= 0.6 is 11.8 Å². The number of hydrogen-bond acceptors (Lipinski definition) is 4. The molecule has 0 radical (unpaired) electrons. The molecule has 0 aliphatic rings. The van der Waals surface area contributed by atoms with Crippen molar-refractivity contribution in [1.29, 1.82) is 0 Å². The number of hydrogen-bond donors (Lipinski definition) is 1. The van der Waals surface area contributed by atoms with Gasteiger partial charge in [0.25, 0.3) is 0 Å². The lowest BCUT2D eigenvalue weighted by molar-refractivity contribution is -0.118. The summed E-state index contributed by atoms with van der Waals surface area (Å²) in [5.74, 6) is 1.07. The van der Waals surface area contributed by atoms with E-state index >= 15 is 0 Å². The number of carbonyl (C=O) groups is 1. The lowest BCUT2D eigenvalue weighted by Crippen LogP contribution is -2.26. The quantitative estimate of drug-likeness (QED) is 0.450. The fourth-order valence-electron chi connectivity index (χ4n) is 2.73. The third-order valence-corrected chi connectivity index (χ3v) is 5.29. The zero-order chi connectivity index (χ0) is 20.1. The van der Waals surface area contributed by atoms with E-state index in [1.165, 1.54) is 23.9 Å². The van der Waals surface area contributed by atoms with Gasteiger partial charge in [0.1, 0.15) is 10.8 Å². The van der Waals surface area contributed by atoms with Crippen LogP contribution in [0.4, 0.5) is 4.39 Å². The first kappa shape index (κ1) is 20.3. The van der Waals surface area contributed by atoms with Crippen LogP contribution < -0.4 is 5.32 Å². The normalized spacial score (nSPS) is 11.2. The van der Waals surface area contributed by atoms with E-state index < -0.39 is 0 Å². The molecule has 1 amide bonds. The molecule has 0 spiro atoms. The highest BCUT2D eigenvalue weighted by Crippen LogP contribution is 2.29. The molecule has 0 saturated carbocycles. The van der Waals surface area contributed by atoms with Gasteiger partial charge in [0.15, 0.2) is 5.82 Å². The summed E-state index contributed by atoms with van der Waals surface area (Å²) in [5.41, 5.74) is 2.66. The summed E-state index contributed by atoms with van der Waals surface area (Å²) >= 11 is 1.40. The number of amides is 1. The number of benzene rings is 2. The van der Waals surface area contributed by atoms with E-state index in [9.17, 15) is 9.18 Å². The van der Waals surface area contributed by atoms with Crippen LogP contribution in [-0.4, -0.2) is 28.2 Å². The van der Waals surface area contributed by atoms with E-state index in [0.717, 1.165) is 33.5 Å². The summed E-state index contributed by atoms with van der Waals surface area (Å²) in [6.45, 7) is 6.95. The van der Waals surface area contributed by atoms with E-state index in [0.29, 0.717) is 24.0 Å². The van der Waals surface area contributed by atoms with Crippen molar-refractivity contribution in [3.8, 4) is 11.4 Å². The number of aryl methyl sites for hydroxylation is 1. The van der Waals surface area contributed by atoms with Crippen molar-refractivity contribution in [1.82, 2.24) is 15.3 Å². The Balaban J connectivity index is 1.85. The molecule has 28 heavy (non-hydrogen) atoms. The molecule has 0 fully saturated rings. The van der Waals surface area contributed by atoms with E-state index in [4.69, 9.17) is 0 Å². The molecule has 1 N–H and O–H groups in total. The van der Waals surface area contributed by atoms with Crippen molar-refractivity contribution in [3.05, 3.63) is 53.8 Å².